The van der Waals surface area contributed by atoms with Gasteiger partial charge in [0.15, 0.2) is 5.69 Å². The fraction of sp³-hybridized carbons (Fsp3) is 0.538. The molecule has 0 aliphatic carbocycles. The molecular weight excluding hydrogens is 276 g/mol. The van der Waals surface area contributed by atoms with Crippen LogP contribution in [0.3, 0.4) is 0 Å². The van der Waals surface area contributed by atoms with E-state index in [2.05, 4.69) is 10.3 Å². The van der Waals surface area contributed by atoms with Crippen LogP contribution in [0.25, 0.3) is 0 Å². The Morgan fingerprint density at radius 3 is 2.86 bits per heavy atom. The molecular formula is C13H18N4O4. The van der Waals surface area contributed by atoms with Crippen molar-refractivity contribution in [2.75, 3.05) is 19.6 Å². The fourth-order valence-electron chi connectivity index (χ4n) is 2.30. The smallest absolute Gasteiger partial charge is 0.356 e. The van der Waals surface area contributed by atoms with Crippen LogP contribution < -0.4 is 5.32 Å². The van der Waals surface area contributed by atoms with Crippen molar-refractivity contribution in [2.24, 2.45) is 5.92 Å². The average Bonchev–Trinajstić information content (AvgIpc) is 3.05. The van der Waals surface area contributed by atoms with Crippen molar-refractivity contribution in [3.05, 3.63) is 18.2 Å². The first-order chi connectivity index (χ1) is 10.0. The van der Waals surface area contributed by atoms with Gasteiger partial charge in [-0.3, -0.25) is 9.59 Å². The number of hydrogen-bond donors (Lipinski definition) is 2. The quantitative estimate of drug-likeness (QED) is 0.740. The summed E-state index contributed by atoms with van der Waals surface area (Å²) in [5.41, 5.74) is -0.0266. The third-order valence-electron chi connectivity index (χ3n) is 3.49. The van der Waals surface area contributed by atoms with E-state index >= 15 is 0 Å². The normalized spacial score (nSPS) is 18.0. The maximum absolute atomic E-state index is 11.9. The molecule has 2 heterocycles. The van der Waals surface area contributed by atoms with Gasteiger partial charge in [-0.05, 0) is 6.92 Å². The summed E-state index contributed by atoms with van der Waals surface area (Å²) in [5.74, 6) is -1.51. The average molecular weight is 294 g/mol. The molecule has 0 saturated carbocycles. The Bertz CT molecular complexity index is 554. The summed E-state index contributed by atoms with van der Waals surface area (Å²) >= 11 is 0. The summed E-state index contributed by atoms with van der Waals surface area (Å²) in [6.07, 6.45) is 3.08. The van der Waals surface area contributed by atoms with Gasteiger partial charge in [-0.1, -0.05) is 0 Å². The zero-order valence-electron chi connectivity index (χ0n) is 11.8. The van der Waals surface area contributed by atoms with Gasteiger partial charge in [0, 0.05) is 38.8 Å². The molecule has 2 amide bonds. The summed E-state index contributed by atoms with van der Waals surface area (Å²) in [4.78, 5) is 39.6. The molecule has 1 fully saturated rings. The van der Waals surface area contributed by atoms with Crippen molar-refractivity contribution in [1.82, 2.24) is 19.8 Å². The van der Waals surface area contributed by atoms with Gasteiger partial charge in [0.2, 0.25) is 11.8 Å². The number of carboxylic acids is 1. The highest BCUT2D eigenvalue weighted by Crippen LogP contribution is 2.17. The van der Waals surface area contributed by atoms with Crippen molar-refractivity contribution in [1.29, 1.82) is 0 Å². The summed E-state index contributed by atoms with van der Waals surface area (Å²) in [6, 6.07) is 0. The van der Waals surface area contributed by atoms with Crippen molar-refractivity contribution in [3.8, 4) is 0 Å². The lowest BCUT2D eigenvalue weighted by atomic mass is 10.1. The van der Waals surface area contributed by atoms with Crippen molar-refractivity contribution < 1.29 is 19.5 Å². The van der Waals surface area contributed by atoms with E-state index < -0.39 is 5.97 Å². The Labute approximate surface area is 121 Å². The van der Waals surface area contributed by atoms with Crippen LogP contribution >= 0.6 is 0 Å². The standard InChI is InChI=1S/C13H18N4O4/c1-2-17-6-9(5-11(17)18)12(19)14-3-4-16-7-10(13(20)21)15-8-16/h7-9H,2-6H2,1H3,(H,14,19)(H,20,21). The first-order valence-electron chi connectivity index (χ1n) is 6.81. The zero-order chi connectivity index (χ0) is 15.4. The highest BCUT2D eigenvalue weighted by Gasteiger charge is 2.32. The Balaban J connectivity index is 1.77. The third kappa shape index (κ3) is 3.59. The summed E-state index contributed by atoms with van der Waals surface area (Å²) in [5, 5.41) is 11.5. The number of hydrogen-bond acceptors (Lipinski definition) is 4. The van der Waals surface area contributed by atoms with Crippen LogP contribution in [-0.2, 0) is 16.1 Å². The van der Waals surface area contributed by atoms with Crippen molar-refractivity contribution in [2.45, 2.75) is 19.9 Å². The van der Waals surface area contributed by atoms with Crippen molar-refractivity contribution in [3.63, 3.8) is 0 Å². The minimum absolute atomic E-state index is 0.0124. The van der Waals surface area contributed by atoms with Crippen LogP contribution in [0.15, 0.2) is 12.5 Å². The fourth-order valence-corrected chi connectivity index (χ4v) is 2.30. The number of aromatic carboxylic acids is 1. The molecule has 1 aromatic heterocycles. The number of amides is 2. The second-order valence-corrected chi connectivity index (χ2v) is 4.93. The first-order valence-corrected chi connectivity index (χ1v) is 6.81. The molecule has 8 nitrogen and oxygen atoms in total. The Morgan fingerprint density at radius 2 is 2.29 bits per heavy atom. The van der Waals surface area contributed by atoms with Gasteiger partial charge < -0.3 is 19.9 Å². The second-order valence-electron chi connectivity index (χ2n) is 4.93. The molecule has 21 heavy (non-hydrogen) atoms. The number of carbonyl (C=O) groups excluding carboxylic acids is 2. The number of nitrogens with zero attached hydrogens (tertiary/aromatic N) is 3. The van der Waals surface area contributed by atoms with Gasteiger partial charge in [-0.15, -0.1) is 0 Å². The molecule has 1 aromatic rings. The minimum atomic E-state index is -1.08. The van der Waals surface area contributed by atoms with Gasteiger partial charge in [0.1, 0.15) is 0 Å². The van der Waals surface area contributed by atoms with Crippen LogP contribution in [0.1, 0.15) is 23.8 Å². The molecule has 1 aliphatic rings. The molecule has 2 rings (SSSR count). The van der Waals surface area contributed by atoms with Crippen molar-refractivity contribution >= 4 is 17.8 Å². The van der Waals surface area contributed by atoms with Gasteiger partial charge in [-0.25, -0.2) is 9.78 Å². The number of carbonyl (C=O) groups is 3. The van der Waals surface area contributed by atoms with E-state index in [1.165, 1.54) is 12.5 Å². The molecule has 1 unspecified atom stereocenters. The molecule has 0 aromatic carbocycles. The number of likely N-dealkylation sites (tertiary alicyclic amines) is 1. The predicted octanol–water partition coefficient (Wildman–Crippen LogP) is -0.434. The van der Waals surface area contributed by atoms with E-state index in [1.807, 2.05) is 6.92 Å². The number of aromatic nitrogens is 2. The van der Waals surface area contributed by atoms with Gasteiger partial charge in [0.05, 0.1) is 12.2 Å². The van der Waals surface area contributed by atoms with E-state index in [0.29, 0.717) is 26.2 Å². The molecule has 1 atom stereocenters. The van der Waals surface area contributed by atoms with E-state index in [0.717, 1.165) is 0 Å². The van der Waals surface area contributed by atoms with Gasteiger partial charge in [0.25, 0.3) is 0 Å². The Kier molecular flexibility index (Phi) is 4.56. The largest absolute Gasteiger partial charge is 0.476 e. The number of carboxylic acid groups (broad SMARTS) is 1. The lowest BCUT2D eigenvalue weighted by Gasteiger charge is -2.13. The van der Waals surface area contributed by atoms with Crippen LogP contribution in [0.2, 0.25) is 0 Å². The molecule has 8 heteroatoms. The van der Waals surface area contributed by atoms with Gasteiger partial charge >= 0.3 is 5.97 Å². The summed E-state index contributed by atoms with van der Waals surface area (Å²) < 4.78 is 1.60. The molecule has 1 aliphatic heterocycles. The molecule has 1 saturated heterocycles. The lowest BCUT2D eigenvalue weighted by molar-refractivity contribution is -0.128. The highest BCUT2D eigenvalue weighted by atomic mass is 16.4. The van der Waals surface area contributed by atoms with Crippen LogP contribution in [0.4, 0.5) is 0 Å². The molecule has 0 spiro atoms. The Morgan fingerprint density at radius 1 is 1.52 bits per heavy atom. The summed E-state index contributed by atoms with van der Waals surface area (Å²) in [7, 11) is 0. The van der Waals surface area contributed by atoms with Gasteiger partial charge in [-0.2, -0.15) is 0 Å². The van der Waals surface area contributed by atoms with Crippen LogP contribution in [0, 0.1) is 5.92 Å². The molecule has 0 bridgehead atoms. The maximum atomic E-state index is 11.9. The topological polar surface area (TPSA) is 105 Å². The second kappa shape index (κ2) is 6.38. The van der Waals surface area contributed by atoms with E-state index in [-0.39, 0.29) is 29.8 Å². The number of nitrogens with one attached hydrogen (secondary N) is 1. The monoisotopic (exact) mass is 294 g/mol. The SMILES string of the molecule is CCN1CC(C(=O)NCCn2cnc(C(=O)O)c2)CC1=O. The predicted molar refractivity (Wildman–Crippen MR) is 72.6 cm³/mol. The number of imidazole rings is 1. The molecule has 0 radical (unpaired) electrons. The van der Waals surface area contributed by atoms with Crippen LogP contribution in [-0.4, -0.2) is 57.0 Å². The van der Waals surface area contributed by atoms with E-state index in [4.69, 9.17) is 5.11 Å². The third-order valence-corrected chi connectivity index (χ3v) is 3.49. The minimum Gasteiger partial charge on any atom is -0.476 e. The first kappa shape index (κ1) is 15.0. The highest BCUT2D eigenvalue weighted by molar-refractivity contribution is 5.89. The zero-order valence-corrected chi connectivity index (χ0v) is 11.8. The van der Waals surface area contributed by atoms with E-state index in [9.17, 15) is 14.4 Å². The molecule has 2 N–H and O–H groups in total. The Hall–Kier alpha value is -2.38. The lowest BCUT2D eigenvalue weighted by Crippen LogP contribution is -2.34. The van der Waals surface area contributed by atoms with E-state index in [1.54, 1.807) is 9.47 Å². The maximum Gasteiger partial charge on any atom is 0.356 e. The summed E-state index contributed by atoms with van der Waals surface area (Å²) in [6.45, 7) is 3.78. The van der Waals surface area contributed by atoms with Crippen LogP contribution in [0.5, 0.6) is 0 Å². The molecule has 114 valence electrons. The number of rotatable bonds is 6.